The van der Waals surface area contributed by atoms with E-state index in [1.807, 2.05) is 48.5 Å². The van der Waals surface area contributed by atoms with Gasteiger partial charge in [0.1, 0.15) is 0 Å². The molecule has 0 radical (unpaired) electrons. The van der Waals surface area contributed by atoms with Gasteiger partial charge in [-0.3, -0.25) is 9.78 Å². The maximum absolute atomic E-state index is 12.1. The Morgan fingerprint density at radius 3 is 2.58 bits per heavy atom. The second-order valence-electron chi connectivity index (χ2n) is 5.43. The zero-order valence-corrected chi connectivity index (χ0v) is 15.4. The molecule has 3 rings (SSSR count). The number of thioether (sulfide) groups is 1. The highest BCUT2D eigenvalue weighted by molar-refractivity contribution is 7.98. The van der Waals surface area contributed by atoms with Crippen molar-refractivity contribution in [2.24, 2.45) is 5.10 Å². The van der Waals surface area contributed by atoms with Crippen LogP contribution in [-0.2, 0) is 5.75 Å². The number of pyridine rings is 1. The summed E-state index contributed by atoms with van der Waals surface area (Å²) in [6.45, 7) is 0. The first-order valence-corrected chi connectivity index (χ1v) is 9.28. The first-order valence-electron chi connectivity index (χ1n) is 7.91. The number of benzene rings is 2. The number of carbonyl (C=O) groups is 1. The number of hydrogen-bond acceptors (Lipinski definition) is 4. The van der Waals surface area contributed by atoms with Crippen molar-refractivity contribution >= 4 is 35.5 Å². The topological polar surface area (TPSA) is 54.4 Å². The van der Waals surface area contributed by atoms with Crippen LogP contribution in [0.4, 0.5) is 0 Å². The van der Waals surface area contributed by atoms with Gasteiger partial charge in [0.05, 0.1) is 6.21 Å². The van der Waals surface area contributed by atoms with Crippen LogP contribution in [-0.4, -0.2) is 17.1 Å². The van der Waals surface area contributed by atoms with Crippen LogP contribution in [0, 0.1) is 0 Å². The fraction of sp³-hybridized carbons (Fsp3) is 0.0500. The van der Waals surface area contributed by atoms with Crippen molar-refractivity contribution in [1.82, 2.24) is 10.4 Å². The van der Waals surface area contributed by atoms with Crippen molar-refractivity contribution in [3.05, 3.63) is 94.8 Å². The molecular formula is C20H16ClN3OS. The minimum Gasteiger partial charge on any atom is -0.267 e. The number of halogens is 1. The van der Waals surface area contributed by atoms with E-state index in [-0.39, 0.29) is 5.91 Å². The average Bonchev–Trinajstić information content (AvgIpc) is 2.69. The highest BCUT2D eigenvalue weighted by Crippen LogP contribution is 2.24. The number of nitrogens with zero attached hydrogens (tertiary/aromatic N) is 2. The van der Waals surface area contributed by atoms with Crippen LogP contribution < -0.4 is 5.43 Å². The summed E-state index contributed by atoms with van der Waals surface area (Å²) in [7, 11) is 0. The van der Waals surface area contributed by atoms with Gasteiger partial charge in [0.25, 0.3) is 5.91 Å². The van der Waals surface area contributed by atoms with Crippen LogP contribution in [0.5, 0.6) is 0 Å². The summed E-state index contributed by atoms with van der Waals surface area (Å²) < 4.78 is 0. The lowest BCUT2D eigenvalue weighted by molar-refractivity contribution is 0.0955. The fourth-order valence-corrected chi connectivity index (χ4v) is 3.11. The molecule has 0 aliphatic carbocycles. The van der Waals surface area contributed by atoms with Gasteiger partial charge in [-0.2, -0.15) is 5.10 Å². The Balaban J connectivity index is 1.52. The van der Waals surface area contributed by atoms with Gasteiger partial charge in [0.2, 0.25) is 0 Å². The van der Waals surface area contributed by atoms with Gasteiger partial charge in [-0.25, -0.2) is 5.43 Å². The summed E-state index contributed by atoms with van der Waals surface area (Å²) in [5, 5.41) is 4.68. The maximum Gasteiger partial charge on any atom is 0.271 e. The van der Waals surface area contributed by atoms with E-state index in [0.29, 0.717) is 5.56 Å². The van der Waals surface area contributed by atoms with Crippen LogP contribution in [0.2, 0.25) is 5.02 Å². The highest BCUT2D eigenvalue weighted by Gasteiger charge is 2.04. The smallest absolute Gasteiger partial charge is 0.267 e. The molecule has 1 aromatic heterocycles. The number of hydrogen-bond donors (Lipinski definition) is 1. The molecule has 6 heteroatoms. The minimum atomic E-state index is -0.248. The van der Waals surface area contributed by atoms with E-state index >= 15 is 0 Å². The predicted molar refractivity (Wildman–Crippen MR) is 107 cm³/mol. The van der Waals surface area contributed by atoms with Crippen molar-refractivity contribution in [1.29, 1.82) is 0 Å². The van der Waals surface area contributed by atoms with Crippen LogP contribution in [0.1, 0.15) is 21.5 Å². The Morgan fingerprint density at radius 2 is 1.88 bits per heavy atom. The second kappa shape index (κ2) is 9.17. The normalized spacial score (nSPS) is 10.8. The predicted octanol–water partition coefficient (Wildman–Crippen LogP) is 4.79. The number of aromatic nitrogens is 1. The van der Waals surface area contributed by atoms with Crippen LogP contribution in [0.3, 0.4) is 0 Å². The van der Waals surface area contributed by atoms with Crippen LogP contribution in [0.15, 0.2) is 83.1 Å². The van der Waals surface area contributed by atoms with E-state index in [1.165, 1.54) is 0 Å². The third-order valence-electron chi connectivity index (χ3n) is 3.50. The summed E-state index contributed by atoms with van der Waals surface area (Å²) in [5.74, 6) is 0.574. The summed E-state index contributed by atoms with van der Waals surface area (Å²) in [6.07, 6.45) is 4.91. The van der Waals surface area contributed by atoms with Crippen LogP contribution in [0.25, 0.3) is 0 Å². The standard InChI is InChI=1S/C20H16ClN3OS/c21-18-7-9-19(10-8-18)26-14-15-3-5-17(6-4-15)20(25)24-23-13-16-2-1-11-22-12-16/h1-13H,14H2,(H,24,25)/b23-13-. The fourth-order valence-electron chi connectivity index (χ4n) is 2.13. The molecule has 2 aromatic carbocycles. The van der Waals surface area contributed by atoms with Gasteiger partial charge in [0.15, 0.2) is 0 Å². The molecule has 3 aromatic rings. The van der Waals surface area contributed by atoms with E-state index in [2.05, 4.69) is 15.5 Å². The molecule has 0 unspecified atom stereocenters. The van der Waals surface area contributed by atoms with E-state index in [1.54, 1.807) is 42.5 Å². The minimum absolute atomic E-state index is 0.248. The maximum atomic E-state index is 12.1. The molecule has 4 nitrogen and oxygen atoms in total. The Kier molecular flexibility index (Phi) is 6.41. The summed E-state index contributed by atoms with van der Waals surface area (Å²) in [4.78, 5) is 17.2. The lowest BCUT2D eigenvalue weighted by Gasteiger charge is -2.04. The zero-order chi connectivity index (χ0) is 18.2. The van der Waals surface area contributed by atoms with Crippen molar-refractivity contribution in [3.8, 4) is 0 Å². The number of nitrogens with one attached hydrogen (secondary N) is 1. The zero-order valence-electron chi connectivity index (χ0n) is 13.8. The number of amides is 1. The van der Waals surface area contributed by atoms with Gasteiger partial charge in [-0.15, -0.1) is 11.8 Å². The van der Waals surface area contributed by atoms with E-state index < -0.39 is 0 Å². The Bertz CT molecular complexity index is 881. The van der Waals surface area contributed by atoms with Gasteiger partial charge < -0.3 is 0 Å². The third-order valence-corrected chi connectivity index (χ3v) is 4.83. The largest absolute Gasteiger partial charge is 0.271 e. The van der Waals surface area contributed by atoms with Gasteiger partial charge >= 0.3 is 0 Å². The molecule has 0 saturated carbocycles. The third kappa shape index (κ3) is 5.44. The lowest BCUT2D eigenvalue weighted by Crippen LogP contribution is -2.17. The van der Waals surface area contributed by atoms with Crippen molar-refractivity contribution in [3.63, 3.8) is 0 Å². The molecule has 0 bridgehead atoms. The summed E-state index contributed by atoms with van der Waals surface area (Å²) in [5.41, 5.74) is 5.04. The molecule has 0 fully saturated rings. The van der Waals surface area contributed by atoms with Crippen LogP contribution >= 0.6 is 23.4 Å². The van der Waals surface area contributed by atoms with E-state index in [0.717, 1.165) is 26.8 Å². The molecule has 1 N–H and O–H groups in total. The molecule has 1 amide bonds. The van der Waals surface area contributed by atoms with Crippen molar-refractivity contribution < 1.29 is 4.79 Å². The van der Waals surface area contributed by atoms with Gasteiger partial charge in [-0.05, 0) is 48.0 Å². The number of hydrazone groups is 1. The first kappa shape index (κ1) is 18.2. The molecule has 1 heterocycles. The van der Waals surface area contributed by atoms with Crippen molar-refractivity contribution in [2.45, 2.75) is 10.6 Å². The second-order valence-corrected chi connectivity index (χ2v) is 6.91. The highest BCUT2D eigenvalue weighted by atomic mass is 35.5. The Morgan fingerprint density at radius 1 is 1.12 bits per heavy atom. The summed E-state index contributed by atoms with van der Waals surface area (Å²) in [6, 6.07) is 18.9. The number of rotatable bonds is 6. The van der Waals surface area contributed by atoms with Gasteiger partial charge in [-0.1, -0.05) is 29.8 Å². The van der Waals surface area contributed by atoms with Crippen molar-refractivity contribution in [2.75, 3.05) is 0 Å². The molecule has 0 saturated heterocycles. The molecular weight excluding hydrogens is 366 g/mol. The van der Waals surface area contributed by atoms with Gasteiger partial charge in [0, 0.05) is 39.2 Å². The van der Waals surface area contributed by atoms with E-state index in [9.17, 15) is 4.79 Å². The SMILES string of the molecule is O=C(N/N=C\c1cccnc1)c1ccc(CSc2ccc(Cl)cc2)cc1. The molecule has 130 valence electrons. The molecule has 26 heavy (non-hydrogen) atoms. The average molecular weight is 382 g/mol. The molecule has 0 aliphatic heterocycles. The number of carbonyl (C=O) groups excluding carboxylic acids is 1. The molecule has 0 atom stereocenters. The Hall–Kier alpha value is -2.63. The quantitative estimate of drug-likeness (QED) is 0.379. The Labute approximate surface area is 161 Å². The monoisotopic (exact) mass is 381 g/mol. The summed E-state index contributed by atoms with van der Waals surface area (Å²) >= 11 is 7.61. The first-order chi connectivity index (χ1) is 12.7. The van der Waals surface area contributed by atoms with E-state index in [4.69, 9.17) is 11.6 Å². The molecule has 0 spiro atoms. The lowest BCUT2D eigenvalue weighted by atomic mass is 10.1. The molecule has 0 aliphatic rings.